The Hall–Kier alpha value is -5.96. The molecule has 3 aromatic carbocycles. The van der Waals surface area contributed by atoms with Crippen molar-refractivity contribution in [2.24, 2.45) is 17.8 Å². The highest BCUT2D eigenvalue weighted by Gasteiger charge is 2.57. The normalized spacial score (nSPS) is 22.3. The molecule has 1 fully saturated rings. The first-order valence-corrected chi connectivity index (χ1v) is 17.0. The number of carbonyl (C=O) groups is 4. The number of phenolic OH excluding ortho intramolecular Hbond substituents is 1. The number of carbonyl (C=O) groups excluding carboxylic acids is 4. The van der Waals surface area contributed by atoms with Crippen molar-refractivity contribution in [2.75, 3.05) is 23.9 Å². The van der Waals surface area contributed by atoms with Crippen molar-refractivity contribution >= 4 is 62.1 Å². The van der Waals surface area contributed by atoms with Crippen LogP contribution in [0.4, 0.5) is 22.7 Å². The van der Waals surface area contributed by atoms with Gasteiger partial charge in [0.05, 0.1) is 31.9 Å². The second-order valence-electron chi connectivity index (χ2n) is 13.1. The van der Waals surface area contributed by atoms with E-state index < -0.39 is 68.3 Å². The number of anilines is 2. The predicted molar refractivity (Wildman–Crippen MR) is 190 cm³/mol. The van der Waals surface area contributed by atoms with Gasteiger partial charge in [-0.25, -0.2) is 4.90 Å². The third kappa shape index (κ3) is 5.57. The summed E-state index contributed by atoms with van der Waals surface area (Å²) in [6.07, 6.45) is 2.90. The molecule has 0 unspecified atom stereocenters. The third-order valence-corrected chi connectivity index (χ3v) is 10.6. The smallest absolute Gasteiger partial charge is 0.301 e. The molecule has 0 bridgehead atoms. The summed E-state index contributed by atoms with van der Waals surface area (Å²) in [5.74, 6) is -5.99. The van der Waals surface area contributed by atoms with Crippen LogP contribution in [-0.4, -0.2) is 52.4 Å². The lowest BCUT2D eigenvalue weighted by Gasteiger charge is -2.42. The number of nitrogens with zero attached hydrogens (tertiary/aromatic N) is 4. The molecule has 1 N–H and O–H groups in total. The lowest BCUT2D eigenvalue weighted by molar-refractivity contribution is -0.392. The van der Waals surface area contributed by atoms with Gasteiger partial charge in [-0.1, -0.05) is 48.0 Å². The summed E-state index contributed by atoms with van der Waals surface area (Å²) < 4.78 is 5.91. The molecule has 14 nitrogen and oxygen atoms in total. The van der Waals surface area contributed by atoms with Gasteiger partial charge in [0.15, 0.2) is 17.3 Å². The summed E-state index contributed by atoms with van der Waals surface area (Å²) in [4.78, 5) is 80.1. The van der Waals surface area contributed by atoms with Gasteiger partial charge in [-0.2, -0.15) is 0 Å². The van der Waals surface area contributed by atoms with Crippen LogP contribution in [0.5, 0.6) is 11.5 Å². The van der Waals surface area contributed by atoms with Gasteiger partial charge in [-0.3, -0.25) is 39.4 Å². The van der Waals surface area contributed by atoms with E-state index in [1.165, 1.54) is 31.1 Å². The van der Waals surface area contributed by atoms with E-state index in [9.17, 15) is 44.5 Å². The predicted octanol–water partition coefficient (Wildman–Crippen LogP) is 5.82. The van der Waals surface area contributed by atoms with Crippen LogP contribution < -0.4 is 14.5 Å². The van der Waals surface area contributed by atoms with E-state index in [0.29, 0.717) is 16.9 Å². The van der Waals surface area contributed by atoms with Crippen molar-refractivity contribution < 1.29 is 38.9 Å². The molecule has 7 rings (SSSR count). The van der Waals surface area contributed by atoms with Gasteiger partial charge in [-0.15, -0.1) is 0 Å². The van der Waals surface area contributed by atoms with Crippen LogP contribution in [0.2, 0.25) is 0 Å². The zero-order valence-corrected chi connectivity index (χ0v) is 29.2. The summed E-state index contributed by atoms with van der Waals surface area (Å²) in [7, 11) is 2.80. The molecule has 1 heterocycles. The second-order valence-corrected chi connectivity index (χ2v) is 14.0. The molecule has 0 spiro atoms. The number of nitro groups is 2. The number of amides is 2. The SMILES string of the molecule is CN(C)c1c([N+](=O)[O-])cc(N2C(=O)[C@H]3[C@H](CC=C4[C@H](c5ccc(OCc6ccccc6)cc5O)C5=C(C[C@H]43)C(=O)C(Br)=CC5=O)C2=O)cc1[N+](=O)[O-]. The van der Waals surface area contributed by atoms with E-state index in [2.05, 4.69) is 15.9 Å². The Morgan fingerprint density at radius 2 is 1.62 bits per heavy atom. The number of halogens is 1. The molecule has 15 heteroatoms. The lowest BCUT2D eigenvalue weighted by Crippen LogP contribution is -2.39. The molecule has 4 atom stereocenters. The van der Waals surface area contributed by atoms with Crippen LogP contribution in [-0.2, 0) is 25.8 Å². The second kappa shape index (κ2) is 13.0. The Labute approximate surface area is 304 Å². The number of fused-ring (bicyclic) bond motifs is 3. The maximum absolute atomic E-state index is 14.4. The number of phenols is 1. The van der Waals surface area contributed by atoms with Crippen LogP contribution in [0.1, 0.15) is 29.9 Å². The van der Waals surface area contributed by atoms with Gasteiger partial charge in [0.2, 0.25) is 11.8 Å². The van der Waals surface area contributed by atoms with Gasteiger partial charge in [-0.05, 0) is 46.3 Å². The molecule has 3 aromatic rings. The molecule has 2 amide bonds. The van der Waals surface area contributed by atoms with E-state index in [1.807, 2.05) is 30.3 Å². The molecule has 0 saturated carbocycles. The van der Waals surface area contributed by atoms with Crippen molar-refractivity contribution in [1.29, 1.82) is 0 Å². The van der Waals surface area contributed by atoms with E-state index in [4.69, 9.17) is 4.74 Å². The fourth-order valence-electron chi connectivity index (χ4n) is 7.87. The molecular weight excluding hydrogens is 740 g/mol. The van der Waals surface area contributed by atoms with Gasteiger partial charge >= 0.3 is 11.4 Å². The Kier molecular flexibility index (Phi) is 8.61. The summed E-state index contributed by atoms with van der Waals surface area (Å²) in [6, 6.07) is 16.0. The van der Waals surface area contributed by atoms with Crippen LogP contribution >= 0.6 is 15.9 Å². The summed E-state index contributed by atoms with van der Waals surface area (Å²) in [5, 5.41) is 35.5. The first kappa shape index (κ1) is 34.5. The van der Waals surface area contributed by atoms with Gasteiger partial charge in [0.1, 0.15) is 18.1 Å². The fourth-order valence-corrected chi connectivity index (χ4v) is 8.32. The van der Waals surface area contributed by atoms with E-state index in [1.54, 1.807) is 18.2 Å². The monoisotopic (exact) mass is 768 g/mol. The van der Waals surface area contributed by atoms with Crippen molar-refractivity contribution in [2.45, 2.75) is 25.4 Å². The number of ketones is 2. The number of allylic oxidation sites excluding steroid dienone is 6. The molecule has 0 radical (unpaired) electrons. The molecule has 0 aromatic heterocycles. The summed E-state index contributed by atoms with van der Waals surface area (Å²) in [6.45, 7) is 0.233. The number of hydrogen-bond acceptors (Lipinski definition) is 11. The van der Waals surface area contributed by atoms with Crippen LogP contribution in [0.25, 0.3) is 0 Å². The number of ether oxygens (including phenoxy) is 1. The number of aromatic hydroxyl groups is 1. The molecular formula is C37H29BrN4O10. The average Bonchev–Trinajstić information content (AvgIpc) is 3.37. The highest BCUT2D eigenvalue weighted by Crippen LogP contribution is 2.57. The summed E-state index contributed by atoms with van der Waals surface area (Å²) in [5.41, 5.74) is 0.104. The molecule has 1 aliphatic heterocycles. The number of imide groups is 1. The Bertz CT molecular complexity index is 2190. The van der Waals surface area contributed by atoms with Crippen LogP contribution in [0.15, 0.2) is 94.0 Å². The molecule has 264 valence electrons. The zero-order chi connectivity index (χ0) is 37.2. The minimum atomic E-state index is -1.07. The van der Waals surface area contributed by atoms with Crippen LogP contribution in [0.3, 0.4) is 0 Å². The molecule has 1 saturated heterocycles. The zero-order valence-electron chi connectivity index (χ0n) is 27.6. The first-order chi connectivity index (χ1) is 24.8. The molecule has 3 aliphatic carbocycles. The van der Waals surface area contributed by atoms with Crippen molar-refractivity contribution in [3.8, 4) is 11.5 Å². The standard InChI is InChI=1S/C37H29BrN4O10/c1-39(2)34-27(41(48)49)12-19(13-28(34)42(50)51)40-36(46)23-11-10-21-24(32(23)37(40)47)15-25-33(30(44)16-26(38)35(25)45)31(21)22-9-8-20(14-29(22)43)52-17-18-6-4-3-5-7-18/h3-10,12-14,16,23-24,31-32,43H,11,15,17H2,1-2H3/t23-,24+,31+,32-/m0/s1. The van der Waals surface area contributed by atoms with Crippen molar-refractivity contribution in [3.63, 3.8) is 0 Å². The number of benzene rings is 3. The Balaban J connectivity index is 1.30. The Morgan fingerprint density at radius 1 is 0.942 bits per heavy atom. The van der Waals surface area contributed by atoms with E-state index in [0.717, 1.165) is 22.6 Å². The topological polar surface area (TPSA) is 190 Å². The third-order valence-electron chi connectivity index (χ3n) is 10.0. The molecule has 4 aliphatic rings. The number of Topliss-reactive ketones (excluding diaryl/α,β-unsaturated/α-hetero) is 1. The van der Waals surface area contributed by atoms with Crippen molar-refractivity contribution in [1.82, 2.24) is 0 Å². The first-order valence-electron chi connectivity index (χ1n) is 16.2. The number of rotatable bonds is 8. The maximum Gasteiger partial charge on any atom is 0.301 e. The van der Waals surface area contributed by atoms with Crippen molar-refractivity contribution in [3.05, 3.63) is 125 Å². The largest absolute Gasteiger partial charge is 0.507 e. The minimum absolute atomic E-state index is 0.0275. The highest BCUT2D eigenvalue weighted by atomic mass is 79.9. The lowest BCUT2D eigenvalue weighted by atomic mass is 9.59. The molecule has 52 heavy (non-hydrogen) atoms. The fraction of sp³-hybridized carbons (Fsp3) is 0.243. The maximum atomic E-state index is 14.4. The van der Waals surface area contributed by atoms with Gasteiger partial charge in [0, 0.05) is 61.0 Å². The highest BCUT2D eigenvalue weighted by molar-refractivity contribution is 9.12. The van der Waals surface area contributed by atoms with E-state index in [-0.39, 0.29) is 52.2 Å². The Morgan fingerprint density at radius 3 is 2.23 bits per heavy atom. The minimum Gasteiger partial charge on any atom is -0.507 e. The average molecular weight is 770 g/mol. The quantitative estimate of drug-likeness (QED) is 0.0955. The van der Waals surface area contributed by atoms with Gasteiger partial charge in [0.25, 0.3) is 0 Å². The number of hydrogen-bond donors (Lipinski definition) is 1. The van der Waals surface area contributed by atoms with Crippen LogP contribution in [0, 0.1) is 38.0 Å². The van der Waals surface area contributed by atoms with E-state index >= 15 is 0 Å². The van der Waals surface area contributed by atoms with Gasteiger partial charge < -0.3 is 14.7 Å². The summed E-state index contributed by atoms with van der Waals surface area (Å²) >= 11 is 3.18. The number of nitro benzene ring substituents is 2.